The number of ether oxygens (including phenoxy) is 1. The second kappa shape index (κ2) is 6.83. The predicted octanol–water partition coefficient (Wildman–Crippen LogP) is 3.51. The van der Waals surface area contributed by atoms with Gasteiger partial charge in [-0.3, -0.25) is 9.20 Å². The fourth-order valence-electron chi connectivity index (χ4n) is 2.59. The standard InChI is InChI=1S/C19H21N3O2/c1-4-9-24-17(23)10-16-18(15-7-5-13(2)6-8-15)21-19-20-11-14(3)12-22(16)19/h5-8,11-12H,4,9-10H2,1-3H3. The van der Waals surface area contributed by atoms with Crippen LogP contribution in [0.4, 0.5) is 0 Å². The maximum Gasteiger partial charge on any atom is 0.311 e. The number of benzene rings is 1. The molecule has 0 fully saturated rings. The van der Waals surface area contributed by atoms with Crippen LogP contribution in [-0.4, -0.2) is 26.9 Å². The molecule has 124 valence electrons. The Kier molecular flexibility index (Phi) is 4.60. The first-order valence-corrected chi connectivity index (χ1v) is 8.14. The lowest BCUT2D eigenvalue weighted by Gasteiger charge is -2.06. The van der Waals surface area contributed by atoms with E-state index in [9.17, 15) is 4.79 Å². The molecule has 0 aliphatic heterocycles. The zero-order valence-electron chi connectivity index (χ0n) is 14.2. The Bertz CT molecular complexity index is 866. The second-order valence-corrected chi connectivity index (χ2v) is 5.97. The summed E-state index contributed by atoms with van der Waals surface area (Å²) in [6, 6.07) is 8.12. The van der Waals surface area contributed by atoms with Crippen molar-refractivity contribution in [1.82, 2.24) is 14.4 Å². The Labute approximate surface area is 141 Å². The van der Waals surface area contributed by atoms with Crippen molar-refractivity contribution in [2.45, 2.75) is 33.6 Å². The van der Waals surface area contributed by atoms with Gasteiger partial charge in [0.15, 0.2) is 0 Å². The zero-order valence-corrected chi connectivity index (χ0v) is 14.2. The first kappa shape index (κ1) is 16.2. The quantitative estimate of drug-likeness (QED) is 0.674. The van der Waals surface area contributed by atoms with Gasteiger partial charge < -0.3 is 4.74 Å². The highest BCUT2D eigenvalue weighted by molar-refractivity contribution is 5.77. The molecular weight excluding hydrogens is 302 g/mol. The lowest BCUT2D eigenvalue weighted by atomic mass is 10.1. The maximum absolute atomic E-state index is 12.2. The highest BCUT2D eigenvalue weighted by atomic mass is 16.5. The lowest BCUT2D eigenvalue weighted by Crippen LogP contribution is -2.11. The van der Waals surface area contributed by atoms with Crippen LogP contribution in [0.3, 0.4) is 0 Å². The summed E-state index contributed by atoms with van der Waals surface area (Å²) in [5.74, 6) is 0.350. The van der Waals surface area contributed by atoms with Gasteiger partial charge in [0.1, 0.15) is 0 Å². The van der Waals surface area contributed by atoms with Gasteiger partial charge in [-0.2, -0.15) is 0 Å². The Morgan fingerprint density at radius 1 is 1.17 bits per heavy atom. The highest BCUT2D eigenvalue weighted by Gasteiger charge is 2.18. The third kappa shape index (κ3) is 3.30. The maximum atomic E-state index is 12.2. The van der Waals surface area contributed by atoms with Crippen LogP contribution in [0.1, 0.15) is 30.2 Å². The fourth-order valence-corrected chi connectivity index (χ4v) is 2.59. The minimum atomic E-state index is -0.242. The van der Waals surface area contributed by atoms with Crippen molar-refractivity contribution in [3.8, 4) is 11.3 Å². The summed E-state index contributed by atoms with van der Waals surface area (Å²) in [6.07, 6.45) is 4.72. The molecule has 5 nitrogen and oxygen atoms in total. The SMILES string of the molecule is CCCOC(=O)Cc1c(-c2ccc(C)cc2)nc2ncc(C)cn12. The molecule has 0 amide bonds. The van der Waals surface area contributed by atoms with Crippen molar-refractivity contribution in [2.75, 3.05) is 6.61 Å². The van der Waals surface area contributed by atoms with Gasteiger partial charge in [0.2, 0.25) is 5.78 Å². The van der Waals surface area contributed by atoms with Gasteiger partial charge >= 0.3 is 5.97 Å². The van der Waals surface area contributed by atoms with Gasteiger partial charge in [-0.05, 0) is 25.8 Å². The van der Waals surface area contributed by atoms with Crippen LogP contribution < -0.4 is 0 Å². The van der Waals surface area contributed by atoms with E-state index < -0.39 is 0 Å². The van der Waals surface area contributed by atoms with Crippen molar-refractivity contribution < 1.29 is 9.53 Å². The number of carbonyl (C=O) groups is 1. The first-order chi connectivity index (χ1) is 11.6. The number of rotatable bonds is 5. The summed E-state index contributed by atoms with van der Waals surface area (Å²) in [4.78, 5) is 21.2. The van der Waals surface area contributed by atoms with Gasteiger partial charge in [0.25, 0.3) is 0 Å². The Hall–Kier alpha value is -2.69. The molecule has 0 N–H and O–H groups in total. The number of aryl methyl sites for hydroxylation is 2. The molecule has 0 spiro atoms. The van der Waals surface area contributed by atoms with E-state index in [1.54, 1.807) is 6.20 Å². The van der Waals surface area contributed by atoms with Crippen molar-refractivity contribution >= 4 is 11.7 Å². The van der Waals surface area contributed by atoms with Crippen LogP contribution in [-0.2, 0) is 16.0 Å². The van der Waals surface area contributed by atoms with E-state index in [0.29, 0.717) is 12.4 Å². The van der Waals surface area contributed by atoms with Crippen LogP contribution in [0, 0.1) is 13.8 Å². The molecule has 0 unspecified atom stereocenters. The molecule has 1 aromatic carbocycles. The number of hydrogen-bond acceptors (Lipinski definition) is 4. The Balaban J connectivity index is 2.08. The van der Waals surface area contributed by atoms with E-state index in [1.165, 1.54) is 5.56 Å². The molecule has 0 aliphatic carbocycles. The van der Waals surface area contributed by atoms with Crippen molar-refractivity contribution in [3.63, 3.8) is 0 Å². The summed E-state index contributed by atoms with van der Waals surface area (Å²) in [5.41, 5.74) is 4.76. The zero-order chi connectivity index (χ0) is 17.1. The molecule has 0 saturated heterocycles. The number of aromatic nitrogens is 3. The minimum Gasteiger partial charge on any atom is -0.465 e. The lowest BCUT2D eigenvalue weighted by molar-refractivity contribution is -0.142. The van der Waals surface area contributed by atoms with Gasteiger partial charge in [0, 0.05) is 18.0 Å². The van der Waals surface area contributed by atoms with Crippen LogP contribution in [0.15, 0.2) is 36.7 Å². The summed E-state index contributed by atoms with van der Waals surface area (Å²) in [7, 11) is 0. The molecule has 0 atom stereocenters. The molecule has 24 heavy (non-hydrogen) atoms. The first-order valence-electron chi connectivity index (χ1n) is 8.14. The summed E-state index contributed by atoms with van der Waals surface area (Å²) in [5, 5.41) is 0. The Morgan fingerprint density at radius 2 is 1.92 bits per heavy atom. The van der Waals surface area contributed by atoms with Crippen molar-refractivity contribution in [3.05, 3.63) is 53.5 Å². The Morgan fingerprint density at radius 3 is 2.62 bits per heavy atom. The third-order valence-electron chi connectivity index (χ3n) is 3.81. The average Bonchev–Trinajstić information content (AvgIpc) is 2.91. The smallest absolute Gasteiger partial charge is 0.311 e. The number of esters is 1. The largest absolute Gasteiger partial charge is 0.465 e. The number of nitrogens with zero attached hydrogens (tertiary/aromatic N) is 3. The molecule has 3 rings (SSSR count). The van der Waals surface area contributed by atoms with E-state index in [-0.39, 0.29) is 12.4 Å². The van der Waals surface area contributed by atoms with E-state index in [0.717, 1.165) is 28.9 Å². The molecule has 5 heteroatoms. The number of fused-ring (bicyclic) bond motifs is 1. The molecule has 0 saturated carbocycles. The average molecular weight is 323 g/mol. The van der Waals surface area contributed by atoms with Crippen molar-refractivity contribution in [2.24, 2.45) is 0 Å². The molecular formula is C19H21N3O2. The third-order valence-corrected chi connectivity index (χ3v) is 3.81. The summed E-state index contributed by atoms with van der Waals surface area (Å²) in [6.45, 7) is 6.43. The van der Waals surface area contributed by atoms with E-state index in [2.05, 4.69) is 9.97 Å². The molecule has 0 bridgehead atoms. The van der Waals surface area contributed by atoms with Gasteiger partial charge in [-0.15, -0.1) is 0 Å². The topological polar surface area (TPSA) is 56.5 Å². The molecule has 2 aromatic heterocycles. The van der Waals surface area contributed by atoms with Crippen LogP contribution in [0.2, 0.25) is 0 Å². The molecule has 3 aromatic rings. The van der Waals surface area contributed by atoms with E-state index in [4.69, 9.17) is 4.74 Å². The summed E-state index contributed by atoms with van der Waals surface area (Å²) < 4.78 is 7.14. The van der Waals surface area contributed by atoms with E-state index in [1.807, 2.05) is 55.6 Å². The number of imidazole rings is 1. The van der Waals surface area contributed by atoms with Crippen LogP contribution >= 0.6 is 0 Å². The summed E-state index contributed by atoms with van der Waals surface area (Å²) >= 11 is 0. The monoisotopic (exact) mass is 323 g/mol. The second-order valence-electron chi connectivity index (χ2n) is 5.97. The van der Waals surface area contributed by atoms with Crippen LogP contribution in [0.25, 0.3) is 17.0 Å². The molecule has 0 radical (unpaired) electrons. The van der Waals surface area contributed by atoms with Gasteiger partial charge in [0.05, 0.1) is 24.4 Å². The fraction of sp³-hybridized carbons (Fsp3) is 0.316. The van der Waals surface area contributed by atoms with Crippen molar-refractivity contribution in [1.29, 1.82) is 0 Å². The predicted molar refractivity (Wildman–Crippen MR) is 92.9 cm³/mol. The highest BCUT2D eigenvalue weighted by Crippen LogP contribution is 2.25. The van der Waals surface area contributed by atoms with Gasteiger partial charge in [-0.25, -0.2) is 9.97 Å². The minimum absolute atomic E-state index is 0.176. The normalized spacial score (nSPS) is 11.0. The molecule has 2 heterocycles. The number of carbonyl (C=O) groups excluding carboxylic acids is 1. The van der Waals surface area contributed by atoms with E-state index >= 15 is 0 Å². The van der Waals surface area contributed by atoms with Gasteiger partial charge in [-0.1, -0.05) is 36.8 Å². The number of hydrogen-bond donors (Lipinski definition) is 0. The van der Waals surface area contributed by atoms with Crippen LogP contribution in [0.5, 0.6) is 0 Å². The molecule has 0 aliphatic rings.